The zero-order chi connectivity index (χ0) is 22.9. The maximum absolute atomic E-state index is 13.1. The Kier molecular flexibility index (Phi) is 5.84. The molecule has 0 atom stereocenters. The normalized spacial score (nSPS) is 11.4. The third kappa shape index (κ3) is 4.57. The number of hydrogen-bond acceptors (Lipinski definition) is 5. The van der Waals surface area contributed by atoms with Crippen molar-refractivity contribution >= 4 is 28.1 Å². The first-order chi connectivity index (χ1) is 15.2. The SMILES string of the molecule is CN(C)c1ccc(-c2nc(-c3ccc(C(C)(C)C)cc3)[nH]c2C(=O)Nc2nccs2)cc1. The first-order valence-corrected chi connectivity index (χ1v) is 11.3. The van der Waals surface area contributed by atoms with Crippen molar-refractivity contribution < 1.29 is 4.79 Å². The summed E-state index contributed by atoms with van der Waals surface area (Å²) in [6, 6.07) is 16.3. The van der Waals surface area contributed by atoms with Crippen LogP contribution < -0.4 is 10.2 Å². The average Bonchev–Trinajstić information content (AvgIpc) is 3.43. The van der Waals surface area contributed by atoms with Gasteiger partial charge < -0.3 is 9.88 Å². The van der Waals surface area contributed by atoms with Gasteiger partial charge in [0.1, 0.15) is 17.2 Å². The molecule has 2 aromatic heterocycles. The van der Waals surface area contributed by atoms with E-state index in [1.807, 2.05) is 60.8 Å². The number of carbonyl (C=O) groups excluding carboxylic acids is 1. The van der Waals surface area contributed by atoms with Crippen LogP contribution >= 0.6 is 11.3 Å². The second kappa shape index (κ2) is 8.59. The Labute approximate surface area is 192 Å². The lowest BCUT2D eigenvalue weighted by Crippen LogP contribution is -2.13. The smallest absolute Gasteiger partial charge is 0.276 e. The summed E-state index contributed by atoms with van der Waals surface area (Å²) in [7, 11) is 3.99. The molecule has 0 unspecified atom stereocenters. The molecule has 2 aromatic carbocycles. The van der Waals surface area contributed by atoms with Gasteiger partial charge in [-0.15, -0.1) is 11.3 Å². The summed E-state index contributed by atoms with van der Waals surface area (Å²) in [6.45, 7) is 6.56. The maximum atomic E-state index is 13.1. The van der Waals surface area contributed by atoms with Crippen molar-refractivity contribution in [2.24, 2.45) is 0 Å². The zero-order valence-corrected chi connectivity index (χ0v) is 19.7. The number of nitrogens with one attached hydrogen (secondary N) is 2. The van der Waals surface area contributed by atoms with Gasteiger partial charge in [-0.3, -0.25) is 10.1 Å². The number of amides is 1. The molecule has 0 radical (unpaired) electrons. The predicted octanol–water partition coefficient (Wildman–Crippen LogP) is 5.82. The van der Waals surface area contributed by atoms with Crippen LogP contribution in [-0.2, 0) is 5.41 Å². The lowest BCUT2D eigenvalue weighted by atomic mass is 9.87. The maximum Gasteiger partial charge on any atom is 0.276 e. The van der Waals surface area contributed by atoms with Crippen molar-refractivity contribution in [2.45, 2.75) is 26.2 Å². The number of hydrogen-bond donors (Lipinski definition) is 2. The molecule has 6 nitrogen and oxygen atoms in total. The second-order valence-corrected chi connectivity index (χ2v) is 9.76. The molecule has 0 aliphatic rings. The highest BCUT2D eigenvalue weighted by molar-refractivity contribution is 7.13. The van der Waals surface area contributed by atoms with Gasteiger partial charge in [-0.1, -0.05) is 57.2 Å². The van der Waals surface area contributed by atoms with Crippen molar-refractivity contribution in [2.75, 3.05) is 24.3 Å². The summed E-state index contributed by atoms with van der Waals surface area (Å²) < 4.78 is 0. The monoisotopic (exact) mass is 445 g/mol. The quantitative estimate of drug-likeness (QED) is 0.406. The number of rotatable bonds is 5. The zero-order valence-electron chi connectivity index (χ0n) is 18.9. The van der Waals surface area contributed by atoms with Crippen molar-refractivity contribution in [1.82, 2.24) is 15.0 Å². The van der Waals surface area contributed by atoms with Crippen LogP contribution in [0.5, 0.6) is 0 Å². The molecule has 2 heterocycles. The molecular weight excluding hydrogens is 418 g/mol. The Hall–Kier alpha value is -3.45. The fourth-order valence-corrected chi connectivity index (χ4v) is 3.90. The fraction of sp³-hybridized carbons (Fsp3) is 0.240. The van der Waals surface area contributed by atoms with E-state index in [1.54, 1.807) is 6.20 Å². The van der Waals surface area contributed by atoms with E-state index in [9.17, 15) is 4.79 Å². The van der Waals surface area contributed by atoms with Crippen LogP contribution in [0.1, 0.15) is 36.8 Å². The van der Waals surface area contributed by atoms with Crippen molar-refractivity contribution in [3.8, 4) is 22.6 Å². The van der Waals surface area contributed by atoms with Crippen LogP contribution in [-0.4, -0.2) is 35.0 Å². The minimum atomic E-state index is -0.267. The van der Waals surface area contributed by atoms with Gasteiger partial charge in [-0.2, -0.15) is 0 Å². The van der Waals surface area contributed by atoms with E-state index < -0.39 is 0 Å². The summed E-state index contributed by atoms with van der Waals surface area (Å²) >= 11 is 1.38. The third-order valence-corrected chi connectivity index (χ3v) is 5.95. The Balaban J connectivity index is 1.74. The van der Waals surface area contributed by atoms with Crippen LogP contribution in [0.3, 0.4) is 0 Å². The van der Waals surface area contributed by atoms with Crippen LogP contribution in [0.4, 0.5) is 10.8 Å². The minimum Gasteiger partial charge on any atom is -0.378 e. The van der Waals surface area contributed by atoms with Crippen molar-refractivity contribution in [3.05, 3.63) is 71.4 Å². The number of nitrogens with zero attached hydrogens (tertiary/aromatic N) is 3. The standard InChI is InChI=1S/C25H27N5OS/c1-25(2,3)18-10-6-17(7-11-18)22-27-20(16-8-12-19(13-9-16)30(4)5)21(28-22)23(31)29-24-26-14-15-32-24/h6-15H,1-5H3,(H,27,28)(H,26,29,31). The summed E-state index contributed by atoms with van der Waals surface area (Å²) in [5, 5.41) is 5.24. The van der Waals surface area contributed by atoms with Gasteiger partial charge in [0, 0.05) is 42.5 Å². The molecule has 4 aromatic rings. The fourth-order valence-electron chi connectivity index (χ4n) is 3.37. The highest BCUT2D eigenvalue weighted by atomic mass is 32.1. The number of anilines is 2. The molecule has 0 saturated carbocycles. The van der Waals surface area contributed by atoms with E-state index in [-0.39, 0.29) is 11.3 Å². The predicted molar refractivity (Wildman–Crippen MR) is 133 cm³/mol. The van der Waals surface area contributed by atoms with Crippen LogP contribution in [0.15, 0.2) is 60.1 Å². The van der Waals surface area contributed by atoms with Gasteiger partial charge in [0.05, 0.1) is 0 Å². The Bertz CT molecular complexity index is 1200. The van der Waals surface area contributed by atoms with E-state index in [1.165, 1.54) is 16.9 Å². The topological polar surface area (TPSA) is 73.9 Å². The summed E-state index contributed by atoms with van der Waals surface area (Å²) in [5.74, 6) is 0.387. The lowest BCUT2D eigenvalue weighted by Gasteiger charge is -2.18. The van der Waals surface area contributed by atoms with Crippen LogP contribution in [0.25, 0.3) is 22.6 Å². The van der Waals surface area contributed by atoms with Crippen molar-refractivity contribution in [1.29, 1.82) is 0 Å². The Morgan fingerprint density at radius 1 is 1.00 bits per heavy atom. The summed E-state index contributed by atoms with van der Waals surface area (Å²) in [4.78, 5) is 27.3. The molecule has 0 spiro atoms. The number of carbonyl (C=O) groups is 1. The van der Waals surface area contributed by atoms with Gasteiger partial charge in [-0.05, 0) is 23.1 Å². The molecule has 4 rings (SSSR count). The largest absolute Gasteiger partial charge is 0.378 e. The average molecular weight is 446 g/mol. The van der Waals surface area contributed by atoms with Gasteiger partial charge in [0.15, 0.2) is 5.13 Å². The highest BCUT2D eigenvalue weighted by Gasteiger charge is 2.21. The molecule has 164 valence electrons. The number of imidazole rings is 1. The molecule has 32 heavy (non-hydrogen) atoms. The van der Waals surface area contributed by atoms with Crippen molar-refractivity contribution in [3.63, 3.8) is 0 Å². The molecule has 0 aliphatic heterocycles. The number of thiazole rings is 1. The van der Waals surface area contributed by atoms with Gasteiger partial charge >= 0.3 is 0 Å². The summed E-state index contributed by atoms with van der Waals surface area (Å²) in [5.41, 5.74) is 5.21. The number of aromatic nitrogens is 3. The van der Waals surface area contributed by atoms with E-state index in [4.69, 9.17) is 4.98 Å². The van der Waals surface area contributed by atoms with Crippen LogP contribution in [0, 0.1) is 0 Å². The Morgan fingerprint density at radius 3 is 2.22 bits per heavy atom. The summed E-state index contributed by atoms with van der Waals surface area (Å²) in [6.07, 6.45) is 1.66. The molecule has 0 aliphatic carbocycles. The van der Waals surface area contributed by atoms with E-state index in [2.05, 4.69) is 48.2 Å². The third-order valence-electron chi connectivity index (χ3n) is 5.27. The first-order valence-electron chi connectivity index (χ1n) is 10.4. The molecule has 0 bridgehead atoms. The minimum absolute atomic E-state index is 0.0692. The molecule has 7 heteroatoms. The number of benzene rings is 2. The van der Waals surface area contributed by atoms with Gasteiger partial charge in [0.25, 0.3) is 5.91 Å². The van der Waals surface area contributed by atoms with Crippen LogP contribution in [0.2, 0.25) is 0 Å². The lowest BCUT2D eigenvalue weighted by molar-refractivity contribution is 0.102. The van der Waals surface area contributed by atoms with E-state index in [0.29, 0.717) is 22.3 Å². The van der Waals surface area contributed by atoms with Gasteiger partial charge in [0.2, 0.25) is 0 Å². The molecule has 0 saturated heterocycles. The van der Waals surface area contributed by atoms with E-state index >= 15 is 0 Å². The van der Waals surface area contributed by atoms with Gasteiger partial charge in [-0.25, -0.2) is 9.97 Å². The van der Waals surface area contributed by atoms with E-state index in [0.717, 1.165) is 16.8 Å². The highest BCUT2D eigenvalue weighted by Crippen LogP contribution is 2.30. The molecule has 0 fully saturated rings. The first kappa shape index (κ1) is 21.8. The second-order valence-electron chi connectivity index (χ2n) is 8.87. The number of H-pyrrole nitrogens is 1. The molecule has 2 N–H and O–H groups in total. The number of aromatic amines is 1. The Morgan fingerprint density at radius 2 is 1.66 bits per heavy atom. The molecular formula is C25H27N5OS. The molecule has 1 amide bonds.